The molecule has 1 aliphatic carbocycles. The highest BCUT2D eigenvalue weighted by Crippen LogP contribution is 2.26. The van der Waals surface area contributed by atoms with Gasteiger partial charge in [0.1, 0.15) is 0 Å². The van der Waals surface area contributed by atoms with Crippen LogP contribution in [0, 0.1) is 0 Å². The van der Waals surface area contributed by atoms with Gasteiger partial charge in [-0.05, 0) is 12.8 Å². The lowest BCUT2D eigenvalue weighted by Crippen LogP contribution is -2.47. The van der Waals surface area contributed by atoms with Crippen molar-refractivity contribution in [2.75, 3.05) is 0 Å². The second-order valence-corrected chi connectivity index (χ2v) is 3.05. The average Bonchev–Trinajstić information content (AvgIpc) is 1.85. The van der Waals surface area contributed by atoms with E-state index in [-0.39, 0.29) is 7.43 Å². The van der Waals surface area contributed by atoms with Gasteiger partial charge in [-0.25, -0.2) is 4.79 Å². The maximum Gasteiger partial charge on any atom is 0.406 e. The Kier molecular flexibility index (Phi) is 4.03. The van der Waals surface area contributed by atoms with E-state index in [4.69, 9.17) is 16.2 Å². The Morgan fingerprint density at radius 1 is 1.25 bits per heavy atom. The lowest BCUT2D eigenvalue weighted by atomic mass is 9.92. The van der Waals surface area contributed by atoms with Gasteiger partial charge in [-0.15, -0.1) is 0 Å². The number of primary amides is 1. The molecule has 0 unspecified atom stereocenters. The second-order valence-electron chi connectivity index (χ2n) is 3.05. The summed E-state index contributed by atoms with van der Waals surface area (Å²) < 4.78 is 4.80. The van der Waals surface area contributed by atoms with Gasteiger partial charge in [0.25, 0.3) is 0 Å². The molecule has 0 aliphatic heterocycles. The summed E-state index contributed by atoms with van der Waals surface area (Å²) in [6, 6.07) is 0. The predicted octanol–water partition coefficient (Wildman–Crippen LogP) is 1.34. The quantitative estimate of drug-likeness (QED) is 0.589. The van der Waals surface area contributed by atoms with E-state index in [9.17, 15) is 4.79 Å². The van der Waals surface area contributed by atoms with E-state index in [1.807, 2.05) is 0 Å². The van der Waals surface area contributed by atoms with Gasteiger partial charge < -0.3 is 10.5 Å². The van der Waals surface area contributed by atoms with Crippen LogP contribution in [-0.4, -0.2) is 11.8 Å². The fourth-order valence-electron chi connectivity index (χ4n) is 1.45. The number of rotatable bonds is 1. The molecule has 1 amide bonds. The summed E-state index contributed by atoms with van der Waals surface area (Å²) in [5, 5.41) is 0. The largest absolute Gasteiger partial charge is 0.428 e. The van der Waals surface area contributed by atoms with Crippen molar-refractivity contribution in [2.24, 2.45) is 11.5 Å². The molecular weight excluding hydrogens is 156 g/mol. The lowest BCUT2D eigenvalue weighted by molar-refractivity contribution is -0.00693. The fourth-order valence-corrected chi connectivity index (χ4v) is 1.45. The Morgan fingerprint density at radius 2 is 1.75 bits per heavy atom. The minimum atomic E-state index is -0.774. The minimum Gasteiger partial charge on any atom is -0.428 e. The normalized spacial score (nSPS) is 20.8. The molecule has 0 spiro atoms. The van der Waals surface area contributed by atoms with Crippen LogP contribution in [0.3, 0.4) is 0 Å². The summed E-state index contributed by atoms with van der Waals surface area (Å²) in [4.78, 5) is 10.4. The third kappa shape index (κ3) is 3.09. The molecule has 0 atom stereocenters. The number of hydrogen-bond donors (Lipinski definition) is 2. The van der Waals surface area contributed by atoms with Crippen LogP contribution >= 0.6 is 0 Å². The summed E-state index contributed by atoms with van der Waals surface area (Å²) in [7, 11) is 0. The van der Waals surface area contributed by atoms with E-state index < -0.39 is 11.8 Å². The van der Waals surface area contributed by atoms with Crippen LogP contribution in [0.15, 0.2) is 0 Å². The van der Waals surface area contributed by atoms with Crippen LogP contribution < -0.4 is 11.5 Å². The van der Waals surface area contributed by atoms with Gasteiger partial charge in [-0.1, -0.05) is 13.8 Å². The van der Waals surface area contributed by atoms with Crippen molar-refractivity contribution in [3.05, 3.63) is 0 Å². The van der Waals surface area contributed by atoms with Crippen LogP contribution in [0.1, 0.15) is 39.5 Å². The number of nitrogens with two attached hydrogens (primary N) is 2. The van der Waals surface area contributed by atoms with Gasteiger partial charge in [-0.3, -0.25) is 5.73 Å². The number of ether oxygens (including phenoxy) is 1. The smallest absolute Gasteiger partial charge is 0.406 e. The first-order chi connectivity index (χ1) is 5.12. The minimum absolute atomic E-state index is 0. The Labute approximate surface area is 73.2 Å². The molecule has 12 heavy (non-hydrogen) atoms. The molecule has 0 radical (unpaired) electrons. The molecule has 4 N–H and O–H groups in total. The van der Waals surface area contributed by atoms with Gasteiger partial charge in [-0.2, -0.15) is 0 Å². The van der Waals surface area contributed by atoms with Crippen LogP contribution in [0.25, 0.3) is 0 Å². The Balaban J connectivity index is 0.00000121. The summed E-state index contributed by atoms with van der Waals surface area (Å²) >= 11 is 0. The van der Waals surface area contributed by atoms with Crippen molar-refractivity contribution in [3.8, 4) is 0 Å². The highest BCUT2D eigenvalue weighted by molar-refractivity contribution is 5.65. The van der Waals surface area contributed by atoms with Gasteiger partial charge >= 0.3 is 6.09 Å². The average molecular weight is 174 g/mol. The number of hydrogen-bond acceptors (Lipinski definition) is 3. The lowest BCUT2D eigenvalue weighted by Gasteiger charge is -2.31. The predicted molar refractivity (Wildman–Crippen MR) is 47.4 cm³/mol. The van der Waals surface area contributed by atoms with Crippen LogP contribution in [-0.2, 0) is 4.74 Å². The molecule has 0 aromatic carbocycles. The van der Waals surface area contributed by atoms with Crippen molar-refractivity contribution in [1.29, 1.82) is 0 Å². The number of carbonyl (C=O) groups is 1. The van der Waals surface area contributed by atoms with Crippen LogP contribution in [0.4, 0.5) is 4.79 Å². The molecule has 1 rings (SSSR count). The van der Waals surface area contributed by atoms with Crippen LogP contribution in [0.5, 0.6) is 0 Å². The van der Waals surface area contributed by atoms with Gasteiger partial charge in [0.05, 0.1) is 0 Å². The highest BCUT2D eigenvalue weighted by atomic mass is 16.6. The topological polar surface area (TPSA) is 78.3 Å². The molecule has 0 aromatic heterocycles. The van der Waals surface area contributed by atoms with Gasteiger partial charge in [0.15, 0.2) is 5.72 Å². The SMILES string of the molecule is C.NC(=O)OC1(N)CCCCC1. The Morgan fingerprint density at radius 3 is 2.17 bits per heavy atom. The number of amides is 1. The van der Waals surface area contributed by atoms with Crippen molar-refractivity contribution in [3.63, 3.8) is 0 Å². The van der Waals surface area contributed by atoms with E-state index in [0.29, 0.717) is 0 Å². The third-order valence-corrected chi connectivity index (χ3v) is 2.00. The zero-order valence-corrected chi connectivity index (χ0v) is 6.51. The molecule has 0 bridgehead atoms. The van der Waals surface area contributed by atoms with Crippen molar-refractivity contribution < 1.29 is 9.53 Å². The molecule has 72 valence electrons. The molecule has 0 saturated heterocycles. The maximum absolute atomic E-state index is 10.4. The highest BCUT2D eigenvalue weighted by Gasteiger charge is 2.30. The standard InChI is InChI=1S/C7H14N2O2.CH4/c8-6(10)11-7(9)4-2-1-3-5-7;/h1-5,9H2,(H2,8,10);1H4. The Hall–Kier alpha value is -0.770. The first-order valence-corrected chi connectivity index (χ1v) is 3.90. The zero-order chi connectivity index (χ0) is 8.32. The van der Waals surface area contributed by atoms with Crippen molar-refractivity contribution >= 4 is 6.09 Å². The summed E-state index contributed by atoms with van der Waals surface area (Å²) in [6.07, 6.45) is 3.90. The molecule has 0 aromatic rings. The first kappa shape index (κ1) is 11.2. The van der Waals surface area contributed by atoms with E-state index >= 15 is 0 Å². The molecule has 0 heterocycles. The monoisotopic (exact) mass is 174 g/mol. The van der Waals surface area contributed by atoms with E-state index in [1.54, 1.807) is 0 Å². The summed E-state index contributed by atoms with van der Waals surface area (Å²) in [5.74, 6) is 0. The molecule has 1 fully saturated rings. The first-order valence-electron chi connectivity index (χ1n) is 3.90. The molecule has 4 nitrogen and oxygen atoms in total. The van der Waals surface area contributed by atoms with Gasteiger partial charge in [0.2, 0.25) is 0 Å². The zero-order valence-electron chi connectivity index (χ0n) is 6.51. The van der Waals surface area contributed by atoms with Crippen LogP contribution in [0.2, 0.25) is 0 Å². The fraction of sp³-hybridized carbons (Fsp3) is 0.875. The molecular formula is C8H18N2O2. The van der Waals surface area contributed by atoms with E-state index in [0.717, 1.165) is 25.7 Å². The maximum atomic E-state index is 10.4. The second kappa shape index (κ2) is 4.30. The molecule has 4 heteroatoms. The van der Waals surface area contributed by atoms with E-state index in [1.165, 1.54) is 6.42 Å². The van der Waals surface area contributed by atoms with Crippen molar-refractivity contribution in [1.82, 2.24) is 0 Å². The van der Waals surface area contributed by atoms with E-state index in [2.05, 4.69) is 0 Å². The van der Waals surface area contributed by atoms with Crippen molar-refractivity contribution in [2.45, 2.75) is 45.3 Å². The summed E-state index contributed by atoms with van der Waals surface area (Å²) in [5.41, 5.74) is 9.83. The number of carbonyl (C=O) groups excluding carboxylic acids is 1. The Bertz CT molecular complexity index is 153. The third-order valence-electron chi connectivity index (χ3n) is 2.00. The van der Waals surface area contributed by atoms with Gasteiger partial charge in [0, 0.05) is 12.8 Å². The molecule has 1 saturated carbocycles. The summed E-state index contributed by atoms with van der Waals surface area (Å²) in [6.45, 7) is 0. The molecule has 1 aliphatic rings.